The molecule has 4 nitrogen and oxygen atoms in total. The van der Waals surface area contributed by atoms with Crippen molar-refractivity contribution in [3.05, 3.63) is 35.8 Å². The quantitative estimate of drug-likeness (QED) is 0.813. The molecule has 0 amide bonds. The molecule has 1 fully saturated rings. The maximum absolute atomic E-state index is 11.4. The Bertz CT molecular complexity index is 614. The molecule has 1 saturated carbocycles. The van der Waals surface area contributed by atoms with Gasteiger partial charge in [-0.05, 0) is 48.3 Å². The summed E-state index contributed by atoms with van der Waals surface area (Å²) in [5.41, 5.74) is 1.19. The van der Waals surface area contributed by atoms with Crippen LogP contribution in [0.25, 0.3) is 0 Å². The fraction of sp³-hybridized carbons (Fsp3) is 0.647. The Morgan fingerprint density at radius 1 is 1.41 bits per heavy atom. The van der Waals surface area contributed by atoms with Crippen LogP contribution in [0.4, 0.5) is 0 Å². The van der Waals surface area contributed by atoms with Crippen molar-refractivity contribution in [3.63, 3.8) is 0 Å². The minimum Gasteiger partial charge on any atom is -0.462 e. The molecule has 1 heterocycles. The molecular formula is C17H27NO3S. The van der Waals surface area contributed by atoms with Gasteiger partial charge in [0.2, 0.25) is 10.0 Å². The molecule has 5 heteroatoms. The van der Waals surface area contributed by atoms with E-state index in [0.717, 1.165) is 31.4 Å². The first-order chi connectivity index (χ1) is 10.1. The van der Waals surface area contributed by atoms with Crippen molar-refractivity contribution in [3.8, 4) is 0 Å². The largest absolute Gasteiger partial charge is 0.462 e. The Morgan fingerprint density at radius 3 is 2.64 bits per heavy atom. The zero-order valence-electron chi connectivity index (χ0n) is 14.0. The van der Waals surface area contributed by atoms with E-state index in [2.05, 4.69) is 38.1 Å². The molecule has 1 N–H and O–H groups in total. The summed E-state index contributed by atoms with van der Waals surface area (Å²) in [6.07, 6.45) is 9.11. The van der Waals surface area contributed by atoms with Gasteiger partial charge in [0.05, 0.1) is 6.26 Å². The van der Waals surface area contributed by atoms with Gasteiger partial charge in [0.25, 0.3) is 0 Å². The Hall–Kier alpha value is -1.07. The molecule has 0 saturated heterocycles. The minimum absolute atomic E-state index is 0.0234. The first kappa shape index (κ1) is 17.3. The Balaban J connectivity index is 2.02. The molecule has 2 rings (SSSR count). The summed E-state index contributed by atoms with van der Waals surface area (Å²) in [4.78, 5) is 0. The van der Waals surface area contributed by atoms with Crippen LogP contribution in [0.1, 0.15) is 46.5 Å². The summed E-state index contributed by atoms with van der Waals surface area (Å²) in [6.45, 7) is 10.3. The molecule has 1 aliphatic heterocycles. The normalized spacial score (nSPS) is 27.5. The molecule has 2 atom stereocenters. The van der Waals surface area contributed by atoms with Gasteiger partial charge in [0.15, 0.2) is 0 Å². The second-order valence-electron chi connectivity index (χ2n) is 7.05. The second kappa shape index (κ2) is 6.20. The number of nitrogens with one attached hydrogen (secondary N) is 1. The highest BCUT2D eigenvalue weighted by Gasteiger charge is 2.48. The third-order valence-electron chi connectivity index (χ3n) is 4.76. The standard InChI is InChI=1S/C17H27NO3S/c1-6-7-15-10-13(8-12(2)21-15)9-14-11-16(17(14,3)4)18-22(5,19)20/h8,10,14,16,18H,2,6-7,9,11H2,1,3-5H3. The van der Waals surface area contributed by atoms with E-state index in [-0.39, 0.29) is 11.5 Å². The summed E-state index contributed by atoms with van der Waals surface area (Å²) in [6, 6.07) is 0.0234. The van der Waals surface area contributed by atoms with Gasteiger partial charge >= 0.3 is 0 Å². The number of rotatable bonds is 6. The maximum Gasteiger partial charge on any atom is 0.208 e. The van der Waals surface area contributed by atoms with Gasteiger partial charge in [-0.25, -0.2) is 13.1 Å². The lowest BCUT2D eigenvalue weighted by molar-refractivity contribution is 0.0286. The summed E-state index contributed by atoms with van der Waals surface area (Å²) in [5, 5.41) is 0. The van der Waals surface area contributed by atoms with Crippen molar-refractivity contribution in [2.45, 2.75) is 52.5 Å². The lowest BCUT2D eigenvalue weighted by Crippen LogP contribution is -2.57. The monoisotopic (exact) mass is 325 g/mol. The van der Waals surface area contributed by atoms with Gasteiger partial charge < -0.3 is 4.74 Å². The Morgan fingerprint density at radius 2 is 2.09 bits per heavy atom. The predicted octanol–water partition coefficient (Wildman–Crippen LogP) is 3.49. The first-order valence-electron chi connectivity index (χ1n) is 7.87. The molecule has 0 aromatic carbocycles. The van der Waals surface area contributed by atoms with E-state index >= 15 is 0 Å². The van der Waals surface area contributed by atoms with Crippen molar-refractivity contribution in [2.24, 2.45) is 11.3 Å². The van der Waals surface area contributed by atoms with E-state index in [1.807, 2.05) is 6.08 Å². The van der Waals surface area contributed by atoms with Crippen molar-refractivity contribution in [2.75, 3.05) is 6.26 Å². The third kappa shape index (κ3) is 4.02. The number of hydrogen-bond donors (Lipinski definition) is 1. The molecule has 0 bridgehead atoms. The molecule has 2 aliphatic rings. The number of ether oxygens (including phenoxy) is 1. The van der Waals surface area contributed by atoms with Crippen molar-refractivity contribution < 1.29 is 13.2 Å². The topological polar surface area (TPSA) is 55.4 Å². The highest BCUT2D eigenvalue weighted by molar-refractivity contribution is 7.88. The van der Waals surface area contributed by atoms with Crippen molar-refractivity contribution in [1.29, 1.82) is 0 Å². The van der Waals surface area contributed by atoms with Crippen LogP contribution in [-0.4, -0.2) is 20.7 Å². The van der Waals surface area contributed by atoms with Crippen LogP contribution in [0.2, 0.25) is 0 Å². The predicted molar refractivity (Wildman–Crippen MR) is 89.6 cm³/mol. The molecular weight excluding hydrogens is 298 g/mol. The van der Waals surface area contributed by atoms with E-state index in [4.69, 9.17) is 4.74 Å². The van der Waals surface area contributed by atoms with Gasteiger partial charge in [-0.15, -0.1) is 0 Å². The average molecular weight is 325 g/mol. The molecule has 0 aromatic heterocycles. The fourth-order valence-corrected chi connectivity index (χ4v) is 4.19. The minimum atomic E-state index is -3.15. The smallest absolute Gasteiger partial charge is 0.208 e. The van der Waals surface area contributed by atoms with Crippen molar-refractivity contribution in [1.82, 2.24) is 4.72 Å². The zero-order chi connectivity index (χ0) is 16.5. The molecule has 22 heavy (non-hydrogen) atoms. The van der Waals surface area contributed by atoms with Crippen LogP contribution in [-0.2, 0) is 14.8 Å². The maximum atomic E-state index is 11.4. The second-order valence-corrected chi connectivity index (χ2v) is 8.83. The summed E-state index contributed by atoms with van der Waals surface area (Å²) >= 11 is 0. The number of allylic oxidation sites excluding steroid dienone is 4. The zero-order valence-corrected chi connectivity index (χ0v) is 14.8. The molecule has 0 radical (unpaired) electrons. The number of sulfonamides is 1. The average Bonchev–Trinajstić information content (AvgIpc) is 2.36. The van der Waals surface area contributed by atoms with Crippen LogP contribution < -0.4 is 4.72 Å². The van der Waals surface area contributed by atoms with Crippen LogP contribution >= 0.6 is 0 Å². The molecule has 0 spiro atoms. The lowest BCUT2D eigenvalue weighted by Gasteiger charge is -2.52. The first-order valence-corrected chi connectivity index (χ1v) is 9.76. The van der Waals surface area contributed by atoms with Crippen LogP contribution in [0.5, 0.6) is 0 Å². The Labute approximate surface area is 134 Å². The van der Waals surface area contributed by atoms with Crippen LogP contribution in [0.3, 0.4) is 0 Å². The van der Waals surface area contributed by atoms with E-state index in [9.17, 15) is 8.42 Å². The molecule has 2 unspecified atom stereocenters. The Kier molecular flexibility index (Phi) is 4.87. The molecule has 124 valence electrons. The highest BCUT2D eigenvalue weighted by Crippen LogP contribution is 2.50. The van der Waals surface area contributed by atoms with E-state index in [1.54, 1.807) is 0 Å². The third-order valence-corrected chi connectivity index (χ3v) is 5.47. The lowest BCUT2D eigenvalue weighted by atomic mass is 9.57. The summed E-state index contributed by atoms with van der Waals surface area (Å²) in [5.74, 6) is 2.14. The number of hydrogen-bond acceptors (Lipinski definition) is 3. The van der Waals surface area contributed by atoms with Gasteiger partial charge in [-0.1, -0.05) is 27.4 Å². The summed E-state index contributed by atoms with van der Waals surface area (Å²) < 4.78 is 31.2. The van der Waals surface area contributed by atoms with Crippen molar-refractivity contribution >= 4 is 10.0 Å². The highest BCUT2D eigenvalue weighted by atomic mass is 32.2. The molecule has 1 aliphatic carbocycles. The SMILES string of the molecule is C=C1C=C(CC2CC(NS(C)(=O)=O)C2(C)C)C=C(CCC)O1. The fourth-order valence-electron chi connectivity index (χ4n) is 3.28. The van der Waals surface area contributed by atoms with E-state index in [1.165, 1.54) is 11.8 Å². The van der Waals surface area contributed by atoms with Gasteiger partial charge in [-0.3, -0.25) is 0 Å². The van der Waals surface area contributed by atoms with Gasteiger partial charge in [-0.2, -0.15) is 0 Å². The molecule has 0 aromatic rings. The van der Waals surface area contributed by atoms with Gasteiger partial charge in [0, 0.05) is 12.5 Å². The van der Waals surface area contributed by atoms with Crippen LogP contribution in [0, 0.1) is 11.3 Å². The summed E-state index contributed by atoms with van der Waals surface area (Å²) in [7, 11) is -3.15. The van der Waals surface area contributed by atoms with Crippen LogP contribution in [0.15, 0.2) is 35.8 Å². The van der Waals surface area contributed by atoms with E-state index < -0.39 is 10.0 Å². The van der Waals surface area contributed by atoms with E-state index in [0.29, 0.717) is 11.7 Å². The van der Waals surface area contributed by atoms with Gasteiger partial charge in [0.1, 0.15) is 11.5 Å².